The van der Waals surface area contributed by atoms with Gasteiger partial charge in [0.1, 0.15) is 12.4 Å². The van der Waals surface area contributed by atoms with Crippen molar-refractivity contribution >= 4 is 17.5 Å². The minimum Gasteiger partial charge on any atom is -0.492 e. The van der Waals surface area contributed by atoms with Crippen LogP contribution in [-0.4, -0.2) is 12.5 Å². The Morgan fingerprint density at radius 3 is 2.82 bits per heavy atom. The standard InChI is InChI=1S/C18H18ClNO2/c1-12(13-5-3-2-4-6-13)20-18(21)15-9-14-10-16(19)7-8-17(14)22-11-15/h2-8,10,12,15H,9,11H2,1H3,(H,20,21)/t12-,15+/m0/s1. The number of carbonyl (C=O) groups excluding carboxylic acids is 1. The first-order valence-electron chi connectivity index (χ1n) is 7.40. The lowest BCUT2D eigenvalue weighted by Gasteiger charge is -2.26. The van der Waals surface area contributed by atoms with Gasteiger partial charge in [-0.3, -0.25) is 4.79 Å². The third-order valence-corrected chi connectivity index (χ3v) is 4.19. The Kier molecular flexibility index (Phi) is 4.34. The van der Waals surface area contributed by atoms with E-state index in [-0.39, 0.29) is 17.9 Å². The van der Waals surface area contributed by atoms with Crippen molar-refractivity contribution in [1.82, 2.24) is 5.32 Å². The molecule has 1 amide bonds. The van der Waals surface area contributed by atoms with Gasteiger partial charge < -0.3 is 10.1 Å². The molecule has 0 unspecified atom stereocenters. The van der Waals surface area contributed by atoms with Gasteiger partial charge >= 0.3 is 0 Å². The lowest BCUT2D eigenvalue weighted by atomic mass is 9.95. The zero-order valence-electron chi connectivity index (χ0n) is 12.4. The van der Waals surface area contributed by atoms with E-state index in [1.807, 2.05) is 49.4 Å². The number of halogens is 1. The summed E-state index contributed by atoms with van der Waals surface area (Å²) in [5, 5.41) is 3.73. The van der Waals surface area contributed by atoms with Gasteiger partial charge in [-0.1, -0.05) is 41.9 Å². The summed E-state index contributed by atoms with van der Waals surface area (Å²) in [4.78, 5) is 12.5. The zero-order chi connectivity index (χ0) is 15.5. The van der Waals surface area contributed by atoms with Gasteiger partial charge in [0, 0.05) is 5.02 Å². The van der Waals surface area contributed by atoms with Crippen molar-refractivity contribution in [3.63, 3.8) is 0 Å². The van der Waals surface area contributed by atoms with Crippen LogP contribution >= 0.6 is 11.6 Å². The number of benzene rings is 2. The monoisotopic (exact) mass is 315 g/mol. The molecule has 0 fully saturated rings. The fourth-order valence-corrected chi connectivity index (χ4v) is 2.88. The molecule has 1 N–H and O–H groups in total. The lowest BCUT2D eigenvalue weighted by Crippen LogP contribution is -2.38. The number of ether oxygens (including phenoxy) is 1. The molecule has 0 bridgehead atoms. The van der Waals surface area contributed by atoms with Crippen molar-refractivity contribution in [2.75, 3.05) is 6.61 Å². The summed E-state index contributed by atoms with van der Waals surface area (Å²) in [6, 6.07) is 15.4. The molecule has 0 saturated heterocycles. The number of fused-ring (bicyclic) bond motifs is 1. The first-order valence-corrected chi connectivity index (χ1v) is 7.78. The second-order valence-electron chi connectivity index (χ2n) is 5.61. The molecule has 0 spiro atoms. The van der Waals surface area contributed by atoms with Crippen LogP contribution in [0.5, 0.6) is 5.75 Å². The average Bonchev–Trinajstić information content (AvgIpc) is 2.54. The minimum absolute atomic E-state index is 0.0157. The summed E-state index contributed by atoms with van der Waals surface area (Å²) in [6.07, 6.45) is 0.656. The molecule has 2 atom stereocenters. The van der Waals surface area contributed by atoms with Crippen molar-refractivity contribution in [3.05, 3.63) is 64.7 Å². The van der Waals surface area contributed by atoms with Gasteiger partial charge in [-0.25, -0.2) is 0 Å². The zero-order valence-corrected chi connectivity index (χ0v) is 13.1. The van der Waals surface area contributed by atoms with Crippen LogP contribution in [0.15, 0.2) is 48.5 Å². The molecule has 4 heteroatoms. The highest BCUT2D eigenvalue weighted by molar-refractivity contribution is 6.30. The number of carbonyl (C=O) groups is 1. The van der Waals surface area contributed by atoms with Crippen molar-refractivity contribution in [2.45, 2.75) is 19.4 Å². The van der Waals surface area contributed by atoms with Gasteiger partial charge in [-0.05, 0) is 42.7 Å². The third kappa shape index (κ3) is 3.25. The summed E-state index contributed by atoms with van der Waals surface area (Å²) in [5.74, 6) is 0.656. The molecule has 1 aliphatic rings. The van der Waals surface area contributed by atoms with Gasteiger partial charge in [0.25, 0.3) is 0 Å². The Bertz CT molecular complexity index is 672. The number of nitrogens with one attached hydrogen (secondary N) is 1. The Morgan fingerprint density at radius 2 is 2.05 bits per heavy atom. The molecule has 114 valence electrons. The molecule has 22 heavy (non-hydrogen) atoms. The van der Waals surface area contributed by atoms with E-state index in [2.05, 4.69) is 5.32 Å². The smallest absolute Gasteiger partial charge is 0.227 e. The summed E-state index contributed by atoms with van der Waals surface area (Å²) in [5.41, 5.74) is 2.09. The van der Waals surface area contributed by atoms with E-state index in [0.29, 0.717) is 18.1 Å². The molecule has 0 radical (unpaired) electrons. The maximum atomic E-state index is 12.5. The van der Waals surface area contributed by atoms with Crippen LogP contribution in [0.4, 0.5) is 0 Å². The minimum atomic E-state index is -0.183. The van der Waals surface area contributed by atoms with Crippen LogP contribution < -0.4 is 10.1 Å². The fraction of sp³-hybridized carbons (Fsp3) is 0.278. The first kappa shape index (κ1) is 14.9. The predicted molar refractivity (Wildman–Crippen MR) is 87.1 cm³/mol. The maximum Gasteiger partial charge on any atom is 0.227 e. The number of amides is 1. The molecule has 0 saturated carbocycles. The highest BCUT2D eigenvalue weighted by Crippen LogP contribution is 2.30. The number of rotatable bonds is 3. The Morgan fingerprint density at radius 1 is 1.27 bits per heavy atom. The molecule has 0 aliphatic carbocycles. The van der Waals surface area contributed by atoms with Crippen LogP contribution in [-0.2, 0) is 11.2 Å². The topological polar surface area (TPSA) is 38.3 Å². The Hall–Kier alpha value is -2.00. The van der Waals surface area contributed by atoms with E-state index >= 15 is 0 Å². The van der Waals surface area contributed by atoms with Crippen molar-refractivity contribution < 1.29 is 9.53 Å². The first-order chi connectivity index (χ1) is 10.6. The van der Waals surface area contributed by atoms with E-state index in [4.69, 9.17) is 16.3 Å². The maximum absolute atomic E-state index is 12.5. The molecule has 2 aromatic carbocycles. The molecular weight excluding hydrogens is 298 g/mol. The van der Waals surface area contributed by atoms with Crippen molar-refractivity contribution in [3.8, 4) is 5.75 Å². The van der Waals surface area contributed by atoms with E-state index in [1.165, 1.54) is 0 Å². The summed E-state index contributed by atoms with van der Waals surface area (Å²) >= 11 is 6.01. The van der Waals surface area contributed by atoms with E-state index in [1.54, 1.807) is 6.07 Å². The van der Waals surface area contributed by atoms with Crippen LogP contribution in [0.1, 0.15) is 24.1 Å². The van der Waals surface area contributed by atoms with E-state index in [0.717, 1.165) is 16.9 Å². The lowest BCUT2D eigenvalue weighted by molar-refractivity contribution is -0.126. The van der Waals surface area contributed by atoms with Crippen molar-refractivity contribution in [1.29, 1.82) is 0 Å². The van der Waals surface area contributed by atoms with Gasteiger partial charge in [0.2, 0.25) is 5.91 Å². The normalized spacial score (nSPS) is 18.0. The summed E-state index contributed by atoms with van der Waals surface area (Å²) in [7, 11) is 0. The molecule has 1 aliphatic heterocycles. The molecular formula is C18H18ClNO2. The SMILES string of the molecule is C[C@H](NC(=O)[C@H]1COc2ccc(Cl)cc2C1)c1ccccc1. The molecule has 3 rings (SSSR count). The Labute approximate surface area is 135 Å². The Balaban J connectivity index is 1.66. The number of hydrogen-bond acceptors (Lipinski definition) is 2. The largest absolute Gasteiger partial charge is 0.492 e. The second-order valence-corrected chi connectivity index (χ2v) is 6.04. The van der Waals surface area contributed by atoms with E-state index in [9.17, 15) is 4.79 Å². The molecule has 2 aromatic rings. The third-order valence-electron chi connectivity index (χ3n) is 3.96. The van der Waals surface area contributed by atoms with Gasteiger partial charge in [0.05, 0.1) is 12.0 Å². The molecule has 0 aromatic heterocycles. The van der Waals surface area contributed by atoms with Crippen LogP contribution in [0.25, 0.3) is 0 Å². The van der Waals surface area contributed by atoms with Crippen LogP contribution in [0.3, 0.4) is 0 Å². The van der Waals surface area contributed by atoms with Gasteiger partial charge in [0.15, 0.2) is 0 Å². The molecule has 3 nitrogen and oxygen atoms in total. The quantitative estimate of drug-likeness (QED) is 0.936. The summed E-state index contributed by atoms with van der Waals surface area (Å²) < 4.78 is 5.68. The predicted octanol–water partition coefficient (Wildman–Crippen LogP) is 3.77. The van der Waals surface area contributed by atoms with Crippen molar-refractivity contribution in [2.24, 2.45) is 5.92 Å². The number of hydrogen-bond donors (Lipinski definition) is 1. The molecule has 1 heterocycles. The fourth-order valence-electron chi connectivity index (χ4n) is 2.69. The summed E-state index contributed by atoms with van der Waals surface area (Å²) in [6.45, 7) is 2.39. The van der Waals surface area contributed by atoms with Gasteiger partial charge in [-0.15, -0.1) is 0 Å². The van der Waals surface area contributed by atoms with E-state index < -0.39 is 0 Å². The van der Waals surface area contributed by atoms with Gasteiger partial charge in [-0.2, -0.15) is 0 Å². The highest BCUT2D eigenvalue weighted by Gasteiger charge is 2.27. The van der Waals surface area contributed by atoms with Crippen LogP contribution in [0, 0.1) is 5.92 Å². The average molecular weight is 316 g/mol. The highest BCUT2D eigenvalue weighted by atomic mass is 35.5. The van der Waals surface area contributed by atoms with Crippen LogP contribution in [0.2, 0.25) is 5.02 Å². The second kappa shape index (κ2) is 6.41.